The summed E-state index contributed by atoms with van der Waals surface area (Å²) in [5.74, 6) is -0.120. The molecule has 2 aromatic rings. The summed E-state index contributed by atoms with van der Waals surface area (Å²) in [6.07, 6.45) is 1.26. The number of carbonyl (C=O) groups is 1. The van der Waals surface area contributed by atoms with Gasteiger partial charge in [0.15, 0.2) is 0 Å². The number of halogens is 1. The molecule has 0 aliphatic carbocycles. The number of likely N-dealkylation sites (N-methyl/N-ethyl adjacent to an activating group) is 2. The van der Waals surface area contributed by atoms with Crippen molar-refractivity contribution in [1.82, 2.24) is 25.0 Å². The molecule has 2 N–H and O–H groups in total. The van der Waals surface area contributed by atoms with E-state index in [-0.39, 0.29) is 29.2 Å². The minimum atomic E-state index is -3.78. The van der Waals surface area contributed by atoms with Gasteiger partial charge in [0.2, 0.25) is 5.95 Å². The second-order valence-corrected chi connectivity index (χ2v) is 6.76. The van der Waals surface area contributed by atoms with Crippen molar-refractivity contribution in [2.75, 3.05) is 31.9 Å². The monoisotopic (exact) mass is 372 g/mol. The Morgan fingerprint density at radius 1 is 1.42 bits per heavy atom. The van der Waals surface area contributed by atoms with Gasteiger partial charge in [0.25, 0.3) is 15.9 Å². The van der Waals surface area contributed by atoms with Crippen molar-refractivity contribution < 1.29 is 13.2 Å². The Hall–Kier alpha value is -2.17. The molecule has 24 heavy (non-hydrogen) atoms. The van der Waals surface area contributed by atoms with Gasteiger partial charge in [-0.2, -0.15) is 14.8 Å². The lowest BCUT2D eigenvalue weighted by atomic mass is 10.2. The number of carbonyl (C=O) groups excluding carboxylic acids is 1. The molecule has 0 fully saturated rings. The molecule has 0 unspecified atom stereocenters. The number of fused-ring (bicyclic) bond motifs is 3. The summed E-state index contributed by atoms with van der Waals surface area (Å²) in [7, 11) is -0.316. The molecule has 9 nitrogen and oxygen atoms in total. The van der Waals surface area contributed by atoms with E-state index in [9.17, 15) is 13.2 Å². The van der Waals surface area contributed by atoms with E-state index in [4.69, 9.17) is 0 Å². The minimum Gasteiger partial charge on any atom is -0.340 e. The van der Waals surface area contributed by atoms with Crippen molar-refractivity contribution >= 4 is 34.3 Å². The van der Waals surface area contributed by atoms with Crippen molar-refractivity contribution in [3.05, 3.63) is 30.1 Å². The Balaban J connectivity index is 0.00000208. The number of nitrogens with one attached hydrogen (secondary N) is 2. The maximum atomic E-state index is 12.4. The van der Waals surface area contributed by atoms with Crippen LogP contribution in [0.1, 0.15) is 10.4 Å². The summed E-state index contributed by atoms with van der Waals surface area (Å²) in [6, 6.07) is 4.51. The number of sulfonamides is 1. The second kappa shape index (κ2) is 6.75. The highest BCUT2D eigenvalue weighted by molar-refractivity contribution is 7.93. The molecule has 0 saturated heterocycles. The zero-order valence-electron chi connectivity index (χ0n) is 13.1. The van der Waals surface area contributed by atoms with Crippen LogP contribution in [0.25, 0.3) is 5.69 Å². The zero-order valence-corrected chi connectivity index (χ0v) is 14.7. The van der Waals surface area contributed by atoms with Crippen LogP contribution in [0.5, 0.6) is 0 Å². The molecule has 1 aliphatic rings. The smallest absolute Gasteiger partial charge is 0.266 e. The van der Waals surface area contributed by atoms with Crippen molar-refractivity contribution in [3.8, 4) is 5.69 Å². The Kier molecular flexibility index (Phi) is 5.11. The van der Waals surface area contributed by atoms with E-state index in [0.29, 0.717) is 24.3 Å². The normalized spacial score (nSPS) is 13.9. The molecule has 11 heteroatoms. The fourth-order valence-electron chi connectivity index (χ4n) is 2.30. The van der Waals surface area contributed by atoms with Gasteiger partial charge in [-0.05, 0) is 25.2 Å². The van der Waals surface area contributed by atoms with Crippen molar-refractivity contribution in [2.45, 2.75) is 4.90 Å². The van der Waals surface area contributed by atoms with Crippen LogP contribution in [0.3, 0.4) is 0 Å². The van der Waals surface area contributed by atoms with Crippen LogP contribution in [0.2, 0.25) is 0 Å². The quantitative estimate of drug-likeness (QED) is 0.787. The van der Waals surface area contributed by atoms with Gasteiger partial charge in [0, 0.05) is 25.7 Å². The number of nitrogens with zero attached hydrogens (tertiary/aromatic N) is 4. The van der Waals surface area contributed by atoms with E-state index < -0.39 is 10.0 Å². The van der Waals surface area contributed by atoms with E-state index in [1.54, 1.807) is 26.2 Å². The fraction of sp³-hybridized carbons (Fsp3) is 0.308. The molecule has 1 aromatic carbocycles. The first-order valence-corrected chi connectivity index (χ1v) is 8.39. The summed E-state index contributed by atoms with van der Waals surface area (Å²) < 4.78 is 28.4. The van der Waals surface area contributed by atoms with Gasteiger partial charge in [-0.1, -0.05) is 0 Å². The Labute approximate surface area is 145 Å². The third-order valence-corrected chi connectivity index (χ3v) is 4.90. The second-order valence-electron chi connectivity index (χ2n) is 5.11. The molecule has 0 radical (unpaired) electrons. The standard InChI is InChI=1S/C13H16N6O3S.ClH/c1-14-5-6-18(2)12(20)9-3-4-10-11(7-9)23(21,22)17-13-15-8-16-19(10)13;/h3-4,7-8,14H,5-6H2,1-2H3,(H,15,16,17);1H. The van der Waals surface area contributed by atoms with Gasteiger partial charge in [-0.3, -0.25) is 4.79 Å². The lowest BCUT2D eigenvalue weighted by molar-refractivity contribution is 0.0796. The summed E-state index contributed by atoms with van der Waals surface area (Å²) in [4.78, 5) is 17.8. The van der Waals surface area contributed by atoms with E-state index in [1.165, 1.54) is 22.0 Å². The SMILES string of the molecule is CNCCN(C)C(=O)c1ccc2c(c1)S(=O)(=O)Nc1ncnn1-2.Cl. The number of hydrogen-bond donors (Lipinski definition) is 2. The summed E-state index contributed by atoms with van der Waals surface area (Å²) in [5, 5.41) is 6.95. The number of anilines is 1. The van der Waals surface area contributed by atoms with Crippen LogP contribution < -0.4 is 10.0 Å². The topological polar surface area (TPSA) is 109 Å². The van der Waals surface area contributed by atoms with Crippen LogP contribution in [0.15, 0.2) is 29.4 Å². The number of amides is 1. The molecule has 0 saturated carbocycles. The van der Waals surface area contributed by atoms with Gasteiger partial charge < -0.3 is 10.2 Å². The van der Waals surface area contributed by atoms with E-state index in [2.05, 4.69) is 20.1 Å². The molecule has 1 amide bonds. The lowest BCUT2D eigenvalue weighted by Crippen LogP contribution is -2.33. The Bertz CT molecular complexity index is 866. The Morgan fingerprint density at radius 2 is 2.17 bits per heavy atom. The molecule has 0 spiro atoms. The Morgan fingerprint density at radius 3 is 2.88 bits per heavy atom. The molecule has 0 atom stereocenters. The van der Waals surface area contributed by atoms with Crippen LogP contribution >= 0.6 is 12.4 Å². The predicted molar refractivity (Wildman–Crippen MR) is 90.3 cm³/mol. The molecule has 0 bridgehead atoms. The van der Waals surface area contributed by atoms with E-state index in [1.807, 2.05) is 0 Å². The van der Waals surface area contributed by atoms with Crippen LogP contribution in [0.4, 0.5) is 5.95 Å². The lowest BCUT2D eigenvalue weighted by Gasteiger charge is -2.21. The highest BCUT2D eigenvalue weighted by Crippen LogP contribution is 2.29. The summed E-state index contributed by atoms with van der Waals surface area (Å²) in [6.45, 7) is 1.17. The number of aromatic nitrogens is 3. The van der Waals surface area contributed by atoms with Gasteiger partial charge in [-0.25, -0.2) is 13.1 Å². The maximum absolute atomic E-state index is 12.4. The minimum absolute atomic E-state index is 0. The molecule has 1 aromatic heterocycles. The average Bonchev–Trinajstić information content (AvgIpc) is 2.98. The molecule has 3 rings (SSSR count). The van der Waals surface area contributed by atoms with Crippen molar-refractivity contribution in [1.29, 1.82) is 0 Å². The zero-order chi connectivity index (χ0) is 16.6. The molecule has 2 heterocycles. The summed E-state index contributed by atoms with van der Waals surface area (Å²) >= 11 is 0. The van der Waals surface area contributed by atoms with Crippen LogP contribution in [-0.2, 0) is 10.0 Å². The molecular formula is C13H17ClN6O3S. The molecular weight excluding hydrogens is 356 g/mol. The van der Waals surface area contributed by atoms with Crippen molar-refractivity contribution in [2.24, 2.45) is 0 Å². The fourth-order valence-corrected chi connectivity index (χ4v) is 3.50. The van der Waals surface area contributed by atoms with Gasteiger partial charge in [0.1, 0.15) is 11.2 Å². The molecule has 1 aliphatic heterocycles. The van der Waals surface area contributed by atoms with Gasteiger partial charge in [-0.15, -0.1) is 12.4 Å². The van der Waals surface area contributed by atoms with Crippen molar-refractivity contribution in [3.63, 3.8) is 0 Å². The van der Waals surface area contributed by atoms with Crippen LogP contribution in [-0.4, -0.2) is 61.2 Å². The highest BCUT2D eigenvalue weighted by atomic mass is 35.5. The first-order valence-electron chi connectivity index (χ1n) is 6.91. The van der Waals surface area contributed by atoms with Gasteiger partial charge in [0.05, 0.1) is 5.69 Å². The highest BCUT2D eigenvalue weighted by Gasteiger charge is 2.30. The molecule has 130 valence electrons. The third-order valence-electron chi connectivity index (χ3n) is 3.54. The summed E-state index contributed by atoms with van der Waals surface area (Å²) in [5.41, 5.74) is 0.668. The van der Waals surface area contributed by atoms with Gasteiger partial charge >= 0.3 is 0 Å². The van der Waals surface area contributed by atoms with Crippen LogP contribution in [0, 0.1) is 0 Å². The number of hydrogen-bond acceptors (Lipinski definition) is 6. The third kappa shape index (κ3) is 3.07. The van der Waals surface area contributed by atoms with E-state index in [0.717, 1.165) is 0 Å². The number of benzene rings is 1. The largest absolute Gasteiger partial charge is 0.340 e. The number of rotatable bonds is 4. The maximum Gasteiger partial charge on any atom is 0.266 e. The predicted octanol–water partition coefficient (Wildman–Crippen LogP) is 0.0947. The van der Waals surface area contributed by atoms with E-state index >= 15 is 0 Å². The first-order chi connectivity index (χ1) is 10.9. The first kappa shape index (κ1) is 18.2. The average molecular weight is 373 g/mol.